The second-order valence-corrected chi connectivity index (χ2v) is 7.04. The number of methoxy groups -OCH3 is 1. The smallest absolute Gasteiger partial charge is 0.315 e. The zero-order chi connectivity index (χ0) is 19.4. The molecule has 0 saturated carbocycles. The van der Waals surface area contributed by atoms with Crippen LogP contribution in [0.3, 0.4) is 0 Å². The standard InChI is InChI=1S/C17H13BrN4O4S/c1-26-15-7-10(6-14(16(15)23)22(24)25)8-19-21-17-20-13(9-27-17)11-2-4-12(18)5-3-11/h2-9,23H,1H3,(H,20,21)/b19-8-. The van der Waals surface area contributed by atoms with Gasteiger partial charge in [-0.3, -0.25) is 15.5 Å². The minimum atomic E-state index is -0.687. The highest BCUT2D eigenvalue weighted by atomic mass is 79.9. The summed E-state index contributed by atoms with van der Waals surface area (Å²) in [6.45, 7) is 0. The number of benzene rings is 2. The molecule has 138 valence electrons. The first-order valence-electron chi connectivity index (χ1n) is 7.54. The minimum Gasteiger partial charge on any atom is -0.500 e. The van der Waals surface area contributed by atoms with Gasteiger partial charge in [-0.05, 0) is 18.2 Å². The lowest BCUT2D eigenvalue weighted by atomic mass is 10.2. The van der Waals surface area contributed by atoms with Gasteiger partial charge in [0.25, 0.3) is 0 Å². The van der Waals surface area contributed by atoms with E-state index in [-0.39, 0.29) is 5.75 Å². The molecule has 0 bridgehead atoms. The number of ether oxygens (including phenoxy) is 1. The van der Waals surface area contributed by atoms with Crippen LogP contribution in [-0.4, -0.2) is 28.3 Å². The van der Waals surface area contributed by atoms with Gasteiger partial charge < -0.3 is 9.84 Å². The Balaban J connectivity index is 1.75. The lowest BCUT2D eigenvalue weighted by Crippen LogP contribution is -1.96. The summed E-state index contributed by atoms with van der Waals surface area (Å²) in [7, 11) is 1.32. The van der Waals surface area contributed by atoms with E-state index in [1.165, 1.54) is 36.8 Å². The molecule has 0 amide bonds. The third-order valence-corrected chi connectivity index (χ3v) is 4.79. The van der Waals surface area contributed by atoms with Crippen LogP contribution in [0.15, 0.2) is 51.4 Å². The molecule has 0 aliphatic carbocycles. The Bertz CT molecular complexity index is 1000. The second-order valence-electron chi connectivity index (χ2n) is 5.26. The zero-order valence-corrected chi connectivity index (χ0v) is 16.3. The first-order valence-corrected chi connectivity index (χ1v) is 9.21. The van der Waals surface area contributed by atoms with Crippen LogP contribution in [0.2, 0.25) is 0 Å². The Kier molecular flexibility index (Phi) is 5.67. The van der Waals surface area contributed by atoms with Crippen LogP contribution in [-0.2, 0) is 0 Å². The lowest BCUT2D eigenvalue weighted by molar-refractivity contribution is -0.386. The number of anilines is 1. The largest absolute Gasteiger partial charge is 0.500 e. The molecule has 0 atom stereocenters. The number of rotatable bonds is 6. The maximum atomic E-state index is 11.0. The van der Waals surface area contributed by atoms with Crippen LogP contribution < -0.4 is 10.2 Å². The van der Waals surface area contributed by atoms with Crippen LogP contribution in [0.5, 0.6) is 11.5 Å². The number of hydrazone groups is 1. The predicted molar refractivity (Wildman–Crippen MR) is 108 cm³/mol. The molecule has 8 nitrogen and oxygen atoms in total. The predicted octanol–water partition coefficient (Wildman–Crippen LogP) is 4.64. The molecule has 3 rings (SSSR count). The summed E-state index contributed by atoms with van der Waals surface area (Å²) in [6.07, 6.45) is 1.38. The molecular weight excluding hydrogens is 436 g/mol. The molecule has 2 N–H and O–H groups in total. The van der Waals surface area contributed by atoms with E-state index in [0.29, 0.717) is 10.7 Å². The maximum Gasteiger partial charge on any atom is 0.315 e. The SMILES string of the molecule is COc1cc(/C=N\Nc2nc(-c3ccc(Br)cc3)cs2)cc([N+](=O)[O-])c1O. The number of hydrogen-bond acceptors (Lipinski definition) is 8. The van der Waals surface area contributed by atoms with Crippen molar-refractivity contribution in [2.24, 2.45) is 5.10 Å². The van der Waals surface area contributed by atoms with Crippen molar-refractivity contribution in [1.29, 1.82) is 0 Å². The van der Waals surface area contributed by atoms with Crippen LogP contribution in [0.25, 0.3) is 11.3 Å². The summed E-state index contributed by atoms with van der Waals surface area (Å²) in [4.78, 5) is 14.8. The van der Waals surface area contributed by atoms with Crippen LogP contribution in [0.1, 0.15) is 5.56 Å². The third-order valence-electron chi connectivity index (χ3n) is 3.51. The average molecular weight is 449 g/mol. The fourth-order valence-electron chi connectivity index (χ4n) is 2.22. The molecule has 27 heavy (non-hydrogen) atoms. The summed E-state index contributed by atoms with van der Waals surface area (Å²) >= 11 is 4.77. The zero-order valence-electron chi connectivity index (χ0n) is 13.9. The van der Waals surface area contributed by atoms with Crippen LogP contribution in [0.4, 0.5) is 10.8 Å². The Labute approximate surface area is 166 Å². The fraction of sp³-hybridized carbons (Fsp3) is 0.0588. The third kappa shape index (κ3) is 4.41. The number of nitrogens with zero attached hydrogens (tertiary/aromatic N) is 3. The Morgan fingerprint density at radius 2 is 2.11 bits per heavy atom. The van der Waals surface area contributed by atoms with E-state index in [9.17, 15) is 15.2 Å². The van der Waals surface area contributed by atoms with Crippen molar-refractivity contribution in [3.8, 4) is 22.8 Å². The molecule has 0 unspecified atom stereocenters. The Morgan fingerprint density at radius 3 is 2.78 bits per heavy atom. The number of nitro groups is 1. The maximum absolute atomic E-state index is 11.0. The van der Waals surface area contributed by atoms with Crippen molar-refractivity contribution in [1.82, 2.24) is 4.98 Å². The van der Waals surface area contributed by atoms with Gasteiger partial charge >= 0.3 is 5.69 Å². The van der Waals surface area contributed by atoms with Crippen molar-refractivity contribution >= 4 is 44.3 Å². The molecule has 1 aromatic heterocycles. The van der Waals surface area contributed by atoms with E-state index in [4.69, 9.17) is 4.74 Å². The highest BCUT2D eigenvalue weighted by Gasteiger charge is 2.19. The number of halogens is 1. The van der Waals surface area contributed by atoms with E-state index in [1.54, 1.807) is 0 Å². The van der Waals surface area contributed by atoms with Gasteiger partial charge in [0.1, 0.15) is 0 Å². The van der Waals surface area contributed by atoms with Gasteiger partial charge in [0.15, 0.2) is 5.75 Å². The quantitative estimate of drug-likeness (QED) is 0.322. The summed E-state index contributed by atoms with van der Waals surface area (Å²) < 4.78 is 5.94. The normalized spacial score (nSPS) is 10.9. The molecule has 0 aliphatic rings. The minimum absolute atomic E-state index is 0.00239. The molecule has 0 aliphatic heterocycles. The van der Waals surface area contributed by atoms with Crippen molar-refractivity contribution in [2.45, 2.75) is 0 Å². The number of thiazole rings is 1. The van der Waals surface area contributed by atoms with E-state index < -0.39 is 16.4 Å². The fourth-order valence-corrected chi connectivity index (χ4v) is 3.16. The van der Waals surface area contributed by atoms with E-state index in [0.717, 1.165) is 15.7 Å². The molecule has 0 spiro atoms. The van der Waals surface area contributed by atoms with Crippen molar-refractivity contribution in [2.75, 3.05) is 12.5 Å². The number of nitrogens with one attached hydrogen (secondary N) is 1. The molecule has 2 aromatic carbocycles. The molecule has 0 fully saturated rings. The number of aromatic nitrogens is 1. The molecule has 1 heterocycles. The summed E-state index contributed by atoms with van der Waals surface area (Å²) in [5.74, 6) is -0.524. The number of nitro benzene ring substituents is 1. The first kappa shape index (κ1) is 18.8. The van der Waals surface area contributed by atoms with Crippen LogP contribution in [0, 0.1) is 10.1 Å². The summed E-state index contributed by atoms with van der Waals surface area (Å²) in [5.41, 5.74) is 4.52. The molecule has 0 saturated heterocycles. The Hall–Kier alpha value is -2.98. The summed E-state index contributed by atoms with van der Waals surface area (Å²) in [6, 6.07) is 10.4. The molecular formula is C17H13BrN4O4S. The van der Waals surface area contributed by atoms with Gasteiger partial charge in [0.2, 0.25) is 10.9 Å². The highest BCUT2D eigenvalue weighted by molar-refractivity contribution is 9.10. The number of phenolic OH excluding ortho intramolecular Hbond substituents is 1. The highest BCUT2D eigenvalue weighted by Crippen LogP contribution is 2.36. The van der Waals surface area contributed by atoms with Gasteiger partial charge in [0.05, 0.1) is 23.9 Å². The van der Waals surface area contributed by atoms with Crippen LogP contribution >= 0.6 is 27.3 Å². The second kappa shape index (κ2) is 8.14. The molecule has 0 radical (unpaired) electrons. The number of aromatic hydroxyl groups is 1. The van der Waals surface area contributed by atoms with E-state index in [1.807, 2.05) is 29.6 Å². The Morgan fingerprint density at radius 1 is 1.37 bits per heavy atom. The van der Waals surface area contributed by atoms with Gasteiger partial charge in [-0.25, -0.2) is 4.98 Å². The number of phenols is 1. The monoisotopic (exact) mass is 448 g/mol. The van der Waals surface area contributed by atoms with Crippen molar-refractivity contribution in [3.05, 3.63) is 61.9 Å². The number of hydrogen-bond donors (Lipinski definition) is 2. The van der Waals surface area contributed by atoms with Gasteiger partial charge in [-0.15, -0.1) is 11.3 Å². The van der Waals surface area contributed by atoms with Gasteiger partial charge in [-0.1, -0.05) is 28.1 Å². The lowest BCUT2D eigenvalue weighted by Gasteiger charge is -2.04. The van der Waals surface area contributed by atoms with E-state index in [2.05, 4.69) is 31.4 Å². The van der Waals surface area contributed by atoms with Gasteiger partial charge in [-0.2, -0.15) is 5.10 Å². The van der Waals surface area contributed by atoms with Crippen molar-refractivity contribution < 1.29 is 14.8 Å². The topological polar surface area (TPSA) is 110 Å². The summed E-state index contributed by atoms with van der Waals surface area (Å²) in [5, 5.41) is 27.3. The molecule has 10 heteroatoms. The molecule has 3 aromatic rings. The van der Waals surface area contributed by atoms with E-state index >= 15 is 0 Å². The average Bonchev–Trinajstić information content (AvgIpc) is 3.12. The first-order chi connectivity index (χ1) is 13.0. The van der Waals surface area contributed by atoms with Gasteiger partial charge in [0, 0.05) is 27.0 Å². The van der Waals surface area contributed by atoms with Crippen molar-refractivity contribution in [3.63, 3.8) is 0 Å².